The summed E-state index contributed by atoms with van der Waals surface area (Å²) in [6.07, 6.45) is 0.958. The monoisotopic (exact) mass is 286 g/mol. The largest absolute Gasteiger partial charge is 0.481 e. The van der Waals surface area contributed by atoms with E-state index < -0.39 is 29.6 Å². The smallest absolute Gasteiger partial charge is 0.319 e. The predicted octanol–water partition coefficient (Wildman–Crippen LogP) is 2.59. The molecule has 3 N–H and O–H groups in total. The van der Waals surface area contributed by atoms with Crippen LogP contribution < -0.4 is 10.6 Å². The van der Waals surface area contributed by atoms with E-state index in [0.29, 0.717) is 19.4 Å². The van der Waals surface area contributed by atoms with E-state index >= 15 is 0 Å². The summed E-state index contributed by atoms with van der Waals surface area (Å²) >= 11 is 0. The molecule has 5 nitrogen and oxygen atoms in total. The molecule has 1 atom stereocenters. The van der Waals surface area contributed by atoms with Crippen LogP contribution in [0.2, 0.25) is 0 Å². The maximum Gasteiger partial charge on any atom is 0.319 e. The molecule has 20 heavy (non-hydrogen) atoms. The van der Waals surface area contributed by atoms with Gasteiger partial charge in [-0.3, -0.25) is 4.79 Å². The molecule has 0 aliphatic carbocycles. The van der Waals surface area contributed by atoms with Crippen molar-refractivity contribution in [1.82, 2.24) is 5.32 Å². The number of anilines is 1. The Bertz CT molecular complexity index is 495. The third-order valence-corrected chi connectivity index (χ3v) is 2.70. The van der Waals surface area contributed by atoms with Gasteiger partial charge in [-0.2, -0.15) is 0 Å². The number of amides is 2. The highest BCUT2D eigenvalue weighted by atomic mass is 19.2. The number of carboxylic acids is 1. The van der Waals surface area contributed by atoms with E-state index in [1.165, 1.54) is 6.07 Å². The van der Waals surface area contributed by atoms with Gasteiger partial charge in [-0.25, -0.2) is 13.6 Å². The molecule has 7 heteroatoms. The van der Waals surface area contributed by atoms with Crippen LogP contribution in [0.1, 0.15) is 19.8 Å². The first-order chi connectivity index (χ1) is 9.40. The van der Waals surface area contributed by atoms with Gasteiger partial charge in [0.25, 0.3) is 0 Å². The molecule has 0 saturated carbocycles. The number of carbonyl (C=O) groups is 2. The Morgan fingerprint density at radius 1 is 1.30 bits per heavy atom. The van der Waals surface area contributed by atoms with Crippen molar-refractivity contribution in [2.24, 2.45) is 5.92 Å². The lowest BCUT2D eigenvalue weighted by atomic mass is 10.1. The third kappa shape index (κ3) is 5.21. The summed E-state index contributed by atoms with van der Waals surface area (Å²) in [4.78, 5) is 22.0. The number of nitrogens with one attached hydrogen (secondary N) is 2. The van der Waals surface area contributed by atoms with Crippen molar-refractivity contribution in [3.63, 3.8) is 0 Å². The number of urea groups is 1. The standard InChI is InChI=1S/C13H16F2N2O3/c1-8(12(18)19)3-2-6-16-13(20)17-9-4-5-10(14)11(15)7-9/h4-5,7-8H,2-3,6H2,1H3,(H,18,19)(H2,16,17,20). The second-order valence-electron chi connectivity index (χ2n) is 4.39. The summed E-state index contributed by atoms with van der Waals surface area (Å²) in [5.41, 5.74) is 0.139. The van der Waals surface area contributed by atoms with Crippen molar-refractivity contribution in [3.05, 3.63) is 29.8 Å². The molecule has 0 aliphatic rings. The summed E-state index contributed by atoms with van der Waals surface area (Å²) < 4.78 is 25.6. The molecule has 0 saturated heterocycles. The van der Waals surface area contributed by atoms with Gasteiger partial charge in [0, 0.05) is 18.3 Å². The summed E-state index contributed by atoms with van der Waals surface area (Å²) in [5.74, 6) is -3.38. The minimum Gasteiger partial charge on any atom is -0.481 e. The Hall–Kier alpha value is -2.18. The van der Waals surface area contributed by atoms with Crippen LogP contribution in [0.25, 0.3) is 0 Å². The van der Waals surface area contributed by atoms with Crippen LogP contribution in [0.5, 0.6) is 0 Å². The third-order valence-electron chi connectivity index (χ3n) is 2.70. The molecule has 2 amide bonds. The van der Waals surface area contributed by atoms with Crippen molar-refractivity contribution in [3.8, 4) is 0 Å². The molecule has 1 aromatic carbocycles. The molecule has 1 aromatic rings. The minimum atomic E-state index is -1.04. The van der Waals surface area contributed by atoms with Crippen LogP contribution in [-0.2, 0) is 4.79 Å². The van der Waals surface area contributed by atoms with Gasteiger partial charge in [-0.1, -0.05) is 6.92 Å². The molecule has 110 valence electrons. The lowest BCUT2D eigenvalue weighted by molar-refractivity contribution is -0.141. The zero-order valence-electron chi connectivity index (χ0n) is 11.0. The van der Waals surface area contributed by atoms with Crippen molar-refractivity contribution in [2.75, 3.05) is 11.9 Å². The van der Waals surface area contributed by atoms with E-state index in [-0.39, 0.29) is 5.69 Å². The van der Waals surface area contributed by atoms with Crippen LogP contribution in [-0.4, -0.2) is 23.7 Å². The summed E-state index contributed by atoms with van der Waals surface area (Å²) in [6.45, 7) is 1.89. The van der Waals surface area contributed by atoms with Crippen LogP contribution in [0.15, 0.2) is 18.2 Å². The number of aliphatic carboxylic acids is 1. The molecule has 1 rings (SSSR count). The Morgan fingerprint density at radius 3 is 2.60 bits per heavy atom. The SMILES string of the molecule is CC(CCCNC(=O)Nc1ccc(F)c(F)c1)C(=O)O. The van der Waals surface area contributed by atoms with E-state index in [2.05, 4.69) is 10.6 Å². The fourth-order valence-corrected chi connectivity index (χ4v) is 1.48. The Morgan fingerprint density at radius 2 is 2.00 bits per heavy atom. The van der Waals surface area contributed by atoms with Crippen LogP contribution in [0.4, 0.5) is 19.3 Å². The molecular weight excluding hydrogens is 270 g/mol. The Kier molecular flexibility index (Phi) is 5.89. The minimum absolute atomic E-state index is 0.139. The fraction of sp³-hybridized carbons (Fsp3) is 0.385. The zero-order valence-corrected chi connectivity index (χ0v) is 11.0. The summed E-state index contributed by atoms with van der Waals surface area (Å²) in [7, 11) is 0. The van der Waals surface area contributed by atoms with Crippen LogP contribution >= 0.6 is 0 Å². The molecular formula is C13H16F2N2O3. The molecule has 0 bridgehead atoms. The van der Waals surface area contributed by atoms with Crippen LogP contribution in [0.3, 0.4) is 0 Å². The number of rotatable bonds is 6. The summed E-state index contributed by atoms with van der Waals surface area (Å²) in [5, 5.41) is 13.5. The Balaban J connectivity index is 2.30. The molecule has 0 radical (unpaired) electrons. The number of hydrogen-bond donors (Lipinski definition) is 3. The van der Waals surface area contributed by atoms with E-state index in [4.69, 9.17) is 5.11 Å². The number of carbonyl (C=O) groups excluding carboxylic acids is 1. The Labute approximate surface area is 115 Å². The highest BCUT2D eigenvalue weighted by Crippen LogP contribution is 2.12. The highest BCUT2D eigenvalue weighted by Gasteiger charge is 2.10. The van der Waals surface area contributed by atoms with E-state index in [1.807, 2.05) is 0 Å². The topological polar surface area (TPSA) is 78.4 Å². The lowest BCUT2D eigenvalue weighted by Gasteiger charge is -2.09. The van der Waals surface area contributed by atoms with Crippen molar-refractivity contribution in [1.29, 1.82) is 0 Å². The normalized spacial score (nSPS) is 11.8. The van der Waals surface area contributed by atoms with Gasteiger partial charge in [-0.15, -0.1) is 0 Å². The maximum atomic E-state index is 12.9. The first kappa shape index (κ1) is 15.9. The van der Waals surface area contributed by atoms with Crippen molar-refractivity contribution < 1.29 is 23.5 Å². The van der Waals surface area contributed by atoms with Gasteiger partial charge in [0.1, 0.15) is 0 Å². The number of hydrogen-bond acceptors (Lipinski definition) is 2. The first-order valence-electron chi connectivity index (χ1n) is 6.13. The van der Waals surface area contributed by atoms with Crippen LogP contribution in [0, 0.1) is 17.6 Å². The maximum absolute atomic E-state index is 12.9. The lowest BCUT2D eigenvalue weighted by Crippen LogP contribution is -2.30. The van der Waals surface area contributed by atoms with E-state index in [1.54, 1.807) is 6.92 Å². The average Bonchev–Trinajstić information content (AvgIpc) is 2.38. The van der Waals surface area contributed by atoms with E-state index in [0.717, 1.165) is 12.1 Å². The predicted molar refractivity (Wildman–Crippen MR) is 69.4 cm³/mol. The number of carboxylic acid groups (broad SMARTS) is 1. The second kappa shape index (κ2) is 7.42. The van der Waals surface area contributed by atoms with E-state index in [9.17, 15) is 18.4 Å². The highest BCUT2D eigenvalue weighted by molar-refractivity contribution is 5.89. The molecule has 0 fully saturated rings. The second-order valence-corrected chi connectivity index (χ2v) is 4.39. The van der Waals surface area contributed by atoms with Gasteiger partial charge in [0.15, 0.2) is 11.6 Å². The van der Waals surface area contributed by atoms with Gasteiger partial charge >= 0.3 is 12.0 Å². The molecule has 0 heterocycles. The van der Waals surface area contributed by atoms with Gasteiger partial charge in [-0.05, 0) is 25.0 Å². The molecule has 0 aromatic heterocycles. The van der Waals surface area contributed by atoms with Crippen molar-refractivity contribution in [2.45, 2.75) is 19.8 Å². The van der Waals surface area contributed by atoms with Gasteiger partial charge in [0.05, 0.1) is 5.92 Å². The fourth-order valence-electron chi connectivity index (χ4n) is 1.48. The summed E-state index contributed by atoms with van der Waals surface area (Å²) in [6, 6.07) is 2.48. The zero-order chi connectivity index (χ0) is 15.1. The molecule has 0 aliphatic heterocycles. The van der Waals surface area contributed by atoms with Gasteiger partial charge < -0.3 is 15.7 Å². The van der Waals surface area contributed by atoms with Crippen molar-refractivity contribution >= 4 is 17.7 Å². The van der Waals surface area contributed by atoms with Gasteiger partial charge in [0.2, 0.25) is 0 Å². The molecule has 1 unspecified atom stereocenters. The number of benzene rings is 1. The average molecular weight is 286 g/mol. The number of halogens is 2. The quantitative estimate of drug-likeness (QED) is 0.703. The molecule has 0 spiro atoms. The first-order valence-corrected chi connectivity index (χ1v) is 6.13.